The normalized spacial score (nSPS) is 11.7. The van der Waals surface area contributed by atoms with Crippen LogP contribution in [-0.2, 0) is 0 Å². The van der Waals surface area contributed by atoms with E-state index >= 15 is 0 Å². The van der Waals surface area contributed by atoms with Crippen LogP contribution in [0.3, 0.4) is 0 Å². The second-order valence-corrected chi connectivity index (χ2v) is 13.8. The van der Waals surface area contributed by atoms with Gasteiger partial charge in [0.15, 0.2) is 0 Å². The number of hydrogen-bond acceptors (Lipinski definition) is 2. The first-order chi connectivity index (χ1) is 26.8. The summed E-state index contributed by atoms with van der Waals surface area (Å²) in [4.78, 5) is 10.7. The highest BCUT2D eigenvalue weighted by Gasteiger charge is 2.22. The minimum Gasteiger partial charge on any atom is -0.309 e. The lowest BCUT2D eigenvalue weighted by Gasteiger charge is -2.16. The van der Waals surface area contributed by atoms with Crippen molar-refractivity contribution in [1.29, 1.82) is 0 Å². The van der Waals surface area contributed by atoms with Gasteiger partial charge < -0.3 is 4.57 Å². The smallest absolute Gasteiger partial charge is 0.235 e. The molecule has 0 aliphatic carbocycles. The van der Waals surface area contributed by atoms with Crippen LogP contribution in [0.4, 0.5) is 0 Å². The summed E-state index contributed by atoms with van der Waals surface area (Å²) in [6, 6.07) is 69.0. The van der Waals surface area contributed by atoms with E-state index < -0.39 is 0 Å². The monoisotopic (exact) mass is 688 g/mol. The molecule has 4 nitrogen and oxygen atoms in total. The van der Waals surface area contributed by atoms with Crippen LogP contribution < -0.4 is 0 Å². The van der Waals surface area contributed by atoms with E-state index in [2.05, 4.69) is 191 Å². The predicted octanol–water partition coefficient (Wildman–Crippen LogP) is 12.8. The maximum absolute atomic E-state index is 5.34. The van der Waals surface area contributed by atoms with E-state index in [1.165, 1.54) is 38.0 Å². The minimum atomic E-state index is 0.639. The van der Waals surface area contributed by atoms with Gasteiger partial charge in [0.1, 0.15) is 0 Å². The molecule has 0 radical (unpaired) electrons. The molecule has 3 aromatic heterocycles. The Balaban J connectivity index is 1.21. The summed E-state index contributed by atoms with van der Waals surface area (Å²) in [5.74, 6) is 0.639. The fourth-order valence-corrected chi connectivity index (χ4v) is 8.32. The Hall–Kier alpha value is -7.30. The Morgan fingerprint density at radius 3 is 1.37 bits per heavy atom. The van der Waals surface area contributed by atoms with Crippen LogP contribution in [0.15, 0.2) is 194 Å². The van der Waals surface area contributed by atoms with E-state index in [1.807, 2.05) is 12.1 Å². The molecule has 0 fully saturated rings. The summed E-state index contributed by atoms with van der Waals surface area (Å²) in [5.41, 5.74) is 11.8. The van der Waals surface area contributed by atoms with Gasteiger partial charge in [0.2, 0.25) is 5.95 Å². The van der Waals surface area contributed by atoms with Crippen molar-refractivity contribution in [3.8, 4) is 45.3 Å². The third kappa shape index (κ3) is 4.70. The zero-order valence-electron chi connectivity index (χ0n) is 29.3. The lowest BCUT2D eigenvalue weighted by molar-refractivity contribution is 0.996. The molecule has 0 bridgehead atoms. The van der Waals surface area contributed by atoms with Crippen molar-refractivity contribution in [3.05, 3.63) is 194 Å². The molecule has 0 spiro atoms. The van der Waals surface area contributed by atoms with E-state index in [4.69, 9.17) is 9.97 Å². The van der Waals surface area contributed by atoms with E-state index in [0.717, 1.165) is 55.7 Å². The standard InChI is InChI=1S/C50H32N4/c1-3-15-33(16-4-1)43-32-44(34-17-5-2-6-18-34)52-50(51-43)54-47-26-14-11-23-41(47)42-31-36-19-7-8-20-38(36)48(49(42)54)35-27-29-37(30-28-35)53-45-24-12-9-21-39(45)40-22-10-13-25-46(40)53/h1-32H. The molecule has 0 saturated heterocycles. The zero-order valence-corrected chi connectivity index (χ0v) is 29.3. The Labute approximate surface area is 311 Å². The van der Waals surface area contributed by atoms with Crippen LogP contribution in [0.2, 0.25) is 0 Å². The van der Waals surface area contributed by atoms with Crippen molar-refractivity contribution in [2.75, 3.05) is 0 Å². The van der Waals surface area contributed by atoms with E-state index in [9.17, 15) is 0 Å². The Morgan fingerprint density at radius 1 is 0.333 bits per heavy atom. The van der Waals surface area contributed by atoms with Gasteiger partial charge in [0.05, 0.1) is 33.5 Å². The highest BCUT2D eigenvalue weighted by atomic mass is 15.2. The van der Waals surface area contributed by atoms with Gasteiger partial charge in [-0.2, -0.15) is 0 Å². The summed E-state index contributed by atoms with van der Waals surface area (Å²) in [6.07, 6.45) is 0. The molecule has 54 heavy (non-hydrogen) atoms. The first-order valence-corrected chi connectivity index (χ1v) is 18.3. The van der Waals surface area contributed by atoms with Crippen LogP contribution in [0.1, 0.15) is 0 Å². The molecule has 252 valence electrons. The van der Waals surface area contributed by atoms with Crippen molar-refractivity contribution in [1.82, 2.24) is 19.1 Å². The molecule has 11 aromatic rings. The lowest BCUT2D eigenvalue weighted by atomic mass is 9.94. The van der Waals surface area contributed by atoms with E-state index in [-0.39, 0.29) is 0 Å². The largest absolute Gasteiger partial charge is 0.309 e. The molecular weight excluding hydrogens is 657 g/mol. The molecule has 0 unspecified atom stereocenters. The molecule has 0 aliphatic rings. The third-order valence-electron chi connectivity index (χ3n) is 10.7. The third-order valence-corrected chi connectivity index (χ3v) is 10.7. The fourth-order valence-electron chi connectivity index (χ4n) is 8.32. The second-order valence-electron chi connectivity index (χ2n) is 13.8. The topological polar surface area (TPSA) is 35.6 Å². The highest BCUT2D eigenvalue weighted by Crippen LogP contribution is 2.43. The molecule has 3 heterocycles. The van der Waals surface area contributed by atoms with Crippen LogP contribution in [0.5, 0.6) is 0 Å². The summed E-state index contributed by atoms with van der Waals surface area (Å²) < 4.78 is 4.66. The number of fused-ring (bicyclic) bond motifs is 7. The van der Waals surface area contributed by atoms with Crippen LogP contribution in [0, 0.1) is 0 Å². The summed E-state index contributed by atoms with van der Waals surface area (Å²) in [7, 11) is 0. The molecule has 0 N–H and O–H groups in total. The quantitative estimate of drug-likeness (QED) is 0.180. The van der Waals surface area contributed by atoms with Crippen molar-refractivity contribution in [3.63, 3.8) is 0 Å². The van der Waals surface area contributed by atoms with E-state index in [0.29, 0.717) is 5.95 Å². The summed E-state index contributed by atoms with van der Waals surface area (Å²) in [5, 5.41) is 7.21. The molecule has 0 saturated carbocycles. The number of benzene rings is 8. The predicted molar refractivity (Wildman–Crippen MR) is 225 cm³/mol. The Morgan fingerprint density at radius 2 is 0.796 bits per heavy atom. The van der Waals surface area contributed by atoms with Crippen molar-refractivity contribution < 1.29 is 0 Å². The first kappa shape index (κ1) is 30.3. The van der Waals surface area contributed by atoms with Gasteiger partial charge in [-0.25, -0.2) is 9.97 Å². The molecule has 0 atom stereocenters. The number of hydrogen-bond donors (Lipinski definition) is 0. The Kier molecular flexibility index (Phi) is 6.82. The van der Waals surface area contributed by atoms with Crippen LogP contribution in [-0.4, -0.2) is 19.1 Å². The van der Waals surface area contributed by atoms with Crippen molar-refractivity contribution in [2.24, 2.45) is 0 Å². The van der Waals surface area contributed by atoms with Gasteiger partial charge in [-0.1, -0.05) is 152 Å². The summed E-state index contributed by atoms with van der Waals surface area (Å²) in [6.45, 7) is 0. The van der Waals surface area contributed by atoms with Gasteiger partial charge in [0.25, 0.3) is 0 Å². The minimum absolute atomic E-state index is 0.639. The number of para-hydroxylation sites is 3. The number of rotatable bonds is 5. The van der Waals surface area contributed by atoms with Crippen molar-refractivity contribution >= 4 is 54.4 Å². The molecule has 11 rings (SSSR count). The Bertz CT molecular complexity index is 3080. The first-order valence-electron chi connectivity index (χ1n) is 18.3. The number of nitrogens with zero attached hydrogens (tertiary/aromatic N) is 4. The summed E-state index contributed by atoms with van der Waals surface area (Å²) >= 11 is 0. The molecule has 0 aliphatic heterocycles. The van der Waals surface area contributed by atoms with E-state index in [1.54, 1.807) is 0 Å². The zero-order chi connectivity index (χ0) is 35.6. The molecule has 4 heteroatoms. The van der Waals surface area contributed by atoms with Gasteiger partial charge in [-0.05, 0) is 58.8 Å². The average Bonchev–Trinajstić information content (AvgIpc) is 3.76. The van der Waals surface area contributed by atoms with Gasteiger partial charge >= 0.3 is 0 Å². The molecule has 0 amide bonds. The molecular formula is C50H32N4. The SMILES string of the molecule is c1ccc(-c2cc(-c3ccccc3)nc(-n3c4ccccc4c4cc5ccccc5c(-c5ccc(-n6c7ccccc7c7ccccc76)cc5)c43)n2)cc1. The number of aromatic nitrogens is 4. The van der Waals surface area contributed by atoms with Crippen molar-refractivity contribution in [2.45, 2.75) is 0 Å². The molecule has 8 aromatic carbocycles. The van der Waals surface area contributed by atoms with Gasteiger partial charge in [0, 0.05) is 43.9 Å². The second kappa shape index (κ2) is 12.1. The van der Waals surface area contributed by atoms with Crippen LogP contribution >= 0.6 is 0 Å². The highest BCUT2D eigenvalue weighted by molar-refractivity contribution is 6.21. The maximum Gasteiger partial charge on any atom is 0.235 e. The lowest BCUT2D eigenvalue weighted by Crippen LogP contribution is -2.05. The van der Waals surface area contributed by atoms with Gasteiger partial charge in [-0.15, -0.1) is 0 Å². The average molecular weight is 689 g/mol. The van der Waals surface area contributed by atoms with Gasteiger partial charge in [-0.3, -0.25) is 4.57 Å². The maximum atomic E-state index is 5.34. The van der Waals surface area contributed by atoms with Crippen LogP contribution in [0.25, 0.3) is 99.7 Å². The fraction of sp³-hybridized carbons (Fsp3) is 0.